The van der Waals surface area contributed by atoms with E-state index in [1.54, 1.807) is 32.9 Å². The number of anilines is 1. The van der Waals surface area contributed by atoms with Gasteiger partial charge < -0.3 is 15.7 Å². The van der Waals surface area contributed by atoms with Crippen molar-refractivity contribution in [2.24, 2.45) is 0 Å². The summed E-state index contributed by atoms with van der Waals surface area (Å²) in [6.45, 7) is 7.08. The molecule has 0 aromatic heterocycles. The highest BCUT2D eigenvalue weighted by molar-refractivity contribution is 6.22. The summed E-state index contributed by atoms with van der Waals surface area (Å²) in [6, 6.07) is 3.82. The zero-order valence-corrected chi connectivity index (χ0v) is 14.3. The summed E-state index contributed by atoms with van der Waals surface area (Å²) in [5, 5.41) is 14.3. The highest BCUT2D eigenvalue weighted by Crippen LogP contribution is 2.30. The summed E-state index contributed by atoms with van der Waals surface area (Å²) < 4.78 is 0. The van der Waals surface area contributed by atoms with E-state index in [1.807, 2.05) is 6.92 Å². The Hall–Kier alpha value is -2.41. The molecule has 4 amide bonds. The molecule has 7 heteroatoms. The number of rotatable bonds is 4. The number of aliphatic hydroxyl groups excluding tert-OH is 1. The lowest BCUT2D eigenvalue weighted by molar-refractivity contribution is 0.0507. The predicted molar refractivity (Wildman–Crippen MR) is 90.0 cm³/mol. The lowest BCUT2D eigenvalue weighted by Crippen LogP contribution is -2.45. The van der Waals surface area contributed by atoms with Crippen molar-refractivity contribution in [1.29, 1.82) is 0 Å². The van der Waals surface area contributed by atoms with E-state index in [2.05, 4.69) is 10.6 Å². The quantitative estimate of drug-likeness (QED) is 0.734. The molecule has 1 aliphatic rings. The molecule has 24 heavy (non-hydrogen) atoms. The summed E-state index contributed by atoms with van der Waals surface area (Å²) in [4.78, 5) is 38.0. The van der Waals surface area contributed by atoms with E-state index in [0.29, 0.717) is 17.7 Å². The van der Waals surface area contributed by atoms with E-state index in [-0.39, 0.29) is 30.0 Å². The maximum Gasteiger partial charge on any atom is 0.319 e. The number of carbonyl (C=O) groups is 3. The van der Waals surface area contributed by atoms with Crippen LogP contribution >= 0.6 is 0 Å². The Balaban J connectivity index is 2.20. The van der Waals surface area contributed by atoms with Crippen LogP contribution in [0.4, 0.5) is 10.5 Å². The van der Waals surface area contributed by atoms with Gasteiger partial charge in [-0.25, -0.2) is 4.79 Å². The van der Waals surface area contributed by atoms with Crippen LogP contribution in [0.25, 0.3) is 0 Å². The fourth-order valence-corrected chi connectivity index (χ4v) is 2.56. The van der Waals surface area contributed by atoms with E-state index in [1.165, 1.54) is 11.0 Å². The lowest BCUT2D eigenvalue weighted by atomic mass is 10.1. The Kier molecular flexibility index (Phi) is 4.94. The van der Waals surface area contributed by atoms with Crippen LogP contribution in [0.5, 0.6) is 0 Å². The first kappa shape index (κ1) is 17.9. The zero-order valence-electron chi connectivity index (χ0n) is 14.3. The molecule has 1 heterocycles. The molecule has 0 saturated carbocycles. The Bertz CT molecular complexity index is 675. The highest BCUT2D eigenvalue weighted by Gasteiger charge is 2.41. The summed E-state index contributed by atoms with van der Waals surface area (Å²) >= 11 is 0. The van der Waals surface area contributed by atoms with Crippen LogP contribution in [0.1, 0.15) is 54.8 Å². The Morgan fingerprint density at radius 1 is 1.21 bits per heavy atom. The number of urea groups is 1. The monoisotopic (exact) mass is 333 g/mol. The molecule has 1 aliphatic heterocycles. The maximum absolute atomic E-state index is 12.5. The molecule has 1 aromatic rings. The number of hydrogen-bond donors (Lipinski definition) is 3. The van der Waals surface area contributed by atoms with Crippen LogP contribution in [0.15, 0.2) is 18.2 Å². The zero-order chi connectivity index (χ0) is 18.1. The molecule has 1 aromatic carbocycles. The van der Waals surface area contributed by atoms with Crippen molar-refractivity contribution in [2.75, 3.05) is 11.9 Å². The predicted octanol–water partition coefficient (Wildman–Crippen LogP) is 1.97. The van der Waals surface area contributed by atoms with Crippen molar-refractivity contribution in [3.63, 3.8) is 0 Å². The van der Waals surface area contributed by atoms with Crippen LogP contribution in [-0.4, -0.2) is 46.0 Å². The Morgan fingerprint density at radius 3 is 2.38 bits per heavy atom. The van der Waals surface area contributed by atoms with E-state index < -0.39 is 11.6 Å². The molecule has 2 rings (SSSR count). The van der Waals surface area contributed by atoms with Gasteiger partial charge in [-0.1, -0.05) is 6.92 Å². The van der Waals surface area contributed by atoms with Gasteiger partial charge in [0, 0.05) is 11.2 Å². The first-order valence-corrected chi connectivity index (χ1v) is 7.90. The standard InChI is InChI=1S/C17H23N3O4/c1-5-10(9-21)18-16(24)19-11-6-7-12-13(8-11)15(23)20(14(12)22)17(2,3)4/h6-8,10,21H,5,9H2,1-4H3,(H2,18,19,24). The first-order chi connectivity index (χ1) is 11.2. The molecule has 0 saturated heterocycles. The summed E-state index contributed by atoms with van der Waals surface area (Å²) in [5.74, 6) is -0.696. The number of nitrogens with one attached hydrogen (secondary N) is 2. The third-order valence-electron chi connectivity index (χ3n) is 3.86. The molecule has 130 valence electrons. The molecule has 0 aliphatic carbocycles. The average Bonchev–Trinajstić information content (AvgIpc) is 2.75. The second-order valence-electron chi connectivity index (χ2n) is 6.76. The topological polar surface area (TPSA) is 98.7 Å². The molecule has 0 radical (unpaired) electrons. The molecule has 7 nitrogen and oxygen atoms in total. The molecular formula is C17H23N3O4. The van der Waals surface area contributed by atoms with Crippen LogP contribution in [0.3, 0.4) is 0 Å². The number of nitrogens with zero attached hydrogens (tertiary/aromatic N) is 1. The number of imide groups is 1. The molecular weight excluding hydrogens is 310 g/mol. The van der Waals surface area contributed by atoms with Gasteiger partial charge in [-0.3, -0.25) is 14.5 Å². The lowest BCUT2D eigenvalue weighted by Gasteiger charge is -2.29. The summed E-state index contributed by atoms with van der Waals surface area (Å²) in [7, 11) is 0. The van der Waals surface area contributed by atoms with E-state index in [0.717, 1.165) is 0 Å². The van der Waals surface area contributed by atoms with E-state index in [9.17, 15) is 14.4 Å². The molecule has 0 bridgehead atoms. The number of aliphatic hydroxyl groups is 1. The van der Waals surface area contributed by atoms with Gasteiger partial charge in [0.1, 0.15) is 0 Å². The largest absolute Gasteiger partial charge is 0.394 e. The van der Waals surface area contributed by atoms with Crippen molar-refractivity contribution < 1.29 is 19.5 Å². The van der Waals surface area contributed by atoms with Crippen LogP contribution < -0.4 is 10.6 Å². The number of fused-ring (bicyclic) bond motifs is 1. The van der Waals surface area contributed by atoms with Gasteiger partial charge in [0.15, 0.2) is 0 Å². The Labute approximate surface area is 141 Å². The van der Waals surface area contributed by atoms with Crippen molar-refractivity contribution >= 4 is 23.5 Å². The third-order valence-corrected chi connectivity index (χ3v) is 3.86. The number of amides is 4. The van der Waals surface area contributed by atoms with Crippen molar-refractivity contribution in [3.8, 4) is 0 Å². The van der Waals surface area contributed by atoms with Gasteiger partial charge >= 0.3 is 6.03 Å². The third kappa shape index (κ3) is 3.41. The fraction of sp³-hybridized carbons (Fsp3) is 0.471. The first-order valence-electron chi connectivity index (χ1n) is 7.90. The van der Waals surface area contributed by atoms with Gasteiger partial charge in [0.05, 0.1) is 23.8 Å². The molecule has 1 atom stereocenters. The smallest absolute Gasteiger partial charge is 0.319 e. The minimum Gasteiger partial charge on any atom is -0.394 e. The minimum absolute atomic E-state index is 0.151. The maximum atomic E-state index is 12.5. The second-order valence-corrected chi connectivity index (χ2v) is 6.76. The highest BCUT2D eigenvalue weighted by atomic mass is 16.3. The van der Waals surface area contributed by atoms with Crippen molar-refractivity contribution in [1.82, 2.24) is 10.2 Å². The van der Waals surface area contributed by atoms with E-state index >= 15 is 0 Å². The average molecular weight is 333 g/mol. The summed E-state index contributed by atoms with van der Waals surface area (Å²) in [5.41, 5.74) is 0.411. The normalized spacial score (nSPS) is 15.3. The number of benzene rings is 1. The Morgan fingerprint density at radius 2 is 1.83 bits per heavy atom. The van der Waals surface area contributed by atoms with Crippen LogP contribution in [-0.2, 0) is 0 Å². The summed E-state index contributed by atoms with van der Waals surface area (Å²) in [6.07, 6.45) is 0.599. The van der Waals surface area contributed by atoms with Gasteiger partial charge in [0.2, 0.25) is 0 Å². The minimum atomic E-state index is -0.617. The molecule has 0 fully saturated rings. The van der Waals surface area contributed by atoms with Crippen LogP contribution in [0, 0.1) is 0 Å². The molecule has 1 unspecified atom stereocenters. The van der Waals surface area contributed by atoms with Crippen molar-refractivity contribution in [3.05, 3.63) is 29.3 Å². The molecule has 3 N–H and O–H groups in total. The van der Waals surface area contributed by atoms with Gasteiger partial charge in [-0.05, 0) is 45.4 Å². The van der Waals surface area contributed by atoms with E-state index in [4.69, 9.17) is 5.11 Å². The van der Waals surface area contributed by atoms with Gasteiger partial charge in [-0.2, -0.15) is 0 Å². The van der Waals surface area contributed by atoms with Gasteiger partial charge in [0.25, 0.3) is 11.8 Å². The fourth-order valence-electron chi connectivity index (χ4n) is 2.56. The van der Waals surface area contributed by atoms with Gasteiger partial charge in [-0.15, -0.1) is 0 Å². The van der Waals surface area contributed by atoms with Crippen molar-refractivity contribution in [2.45, 2.75) is 45.7 Å². The molecule has 0 spiro atoms. The van der Waals surface area contributed by atoms with Crippen LogP contribution in [0.2, 0.25) is 0 Å². The second kappa shape index (κ2) is 6.60. The number of hydrogen-bond acceptors (Lipinski definition) is 4. The SMILES string of the molecule is CCC(CO)NC(=O)Nc1ccc2c(c1)C(=O)N(C(C)(C)C)C2=O. The number of carbonyl (C=O) groups excluding carboxylic acids is 3.